The van der Waals surface area contributed by atoms with Crippen molar-refractivity contribution in [1.29, 1.82) is 0 Å². The molecule has 0 spiro atoms. The van der Waals surface area contributed by atoms with Crippen molar-refractivity contribution < 1.29 is 4.79 Å². The summed E-state index contributed by atoms with van der Waals surface area (Å²) in [6, 6.07) is 9.01. The molecule has 0 aliphatic carbocycles. The molecule has 2 aliphatic rings. The van der Waals surface area contributed by atoms with Gasteiger partial charge in [0.2, 0.25) is 5.91 Å². The van der Waals surface area contributed by atoms with E-state index >= 15 is 0 Å². The van der Waals surface area contributed by atoms with Crippen LogP contribution in [0.3, 0.4) is 0 Å². The highest BCUT2D eigenvalue weighted by molar-refractivity contribution is 5.85. The SMILES string of the molecule is CC1CCN(Cc2ccccc2CNC(=O)[C@H]2CCN[C@@H](C)C2)CC1.Cl.Cl. The molecule has 0 saturated carbocycles. The van der Waals surface area contributed by atoms with E-state index in [1.807, 2.05) is 0 Å². The lowest BCUT2D eigenvalue weighted by Crippen LogP contribution is -2.42. The highest BCUT2D eigenvalue weighted by Crippen LogP contribution is 2.20. The fourth-order valence-electron chi connectivity index (χ4n) is 4.04. The Morgan fingerprint density at radius 3 is 2.44 bits per heavy atom. The van der Waals surface area contributed by atoms with Crippen molar-refractivity contribution in [3.63, 3.8) is 0 Å². The maximum atomic E-state index is 12.5. The van der Waals surface area contributed by atoms with Crippen molar-refractivity contribution in [2.24, 2.45) is 11.8 Å². The number of benzene rings is 1. The van der Waals surface area contributed by atoms with Crippen LogP contribution in [0.1, 0.15) is 50.7 Å². The first-order valence-electron chi connectivity index (χ1n) is 9.92. The number of halogens is 2. The quantitative estimate of drug-likeness (QED) is 0.768. The number of hydrogen-bond acceptors (Lipinski definition) is 3. The maximum absolute atomic E-state index is 12.5. The van der Waals surface area contributed by atoms with Crippen molar-refractivity contribution in [2.45, 2.75) is 58.7 Å². The van der Waals surface area contributed by atoms with Gasteiger partial charge in [-0.2, -0.15) is 0 Å². The third-order valence-corrected chi connectivity index (χ3v) is 5.84. The fraction of sp³-hybridized carbons (Fsp3) is 0.667. The summed E-state index contributed by atoms with van der Waals surface area (Å²) in [6.45, 7) is 9.49. The van der Waals surface area contributed by atoms with Crippen molar-refractivity contribution >= 4 is 30.7 Å². The van der Waals surface area contributed by atoms with Gasteiger partial charge in [-0.05, 0) is 69.3 Å². The van der Waals surface area contributed by atoms with E-state index in [-0.39, 0.29) is 36.6 Å². The molecule has 2 aliphatic heterocycles. The van der Waals surface area contributed by atoms with Crippen molar-refractivity contribution in [3.05, 3.63) is 35.4 Å². The Kier molecular flexibility index (Phi) is 10.7. The van der Waals surface area contributed by atoms with Gasteiger partial charge in [0, 0.05) is 25.0 Å². The topological polar surface area (TPSA) is 44.4 Å². The van der Waals surface area contributed by atoms with Crippen LogP contribution < -0.4 is 10.6 Å². The van der Waals surface area contributed by atoms with Gasteiger partial charge in [-0.1, -0.05) is 31.2 Å². The average Bonchev–Trinajstić information content (AvgIpc) is 2.62. The van der Waals surface area contributed by atoms with Crippen molar-refractivity contribution in [2.75, 3.05) is 19.6 Å². The molecule has 2 saturated heterocycles. The Balaban J connectivity index is 0.00000182. The van der Waals surface area contributed by atoms with Gasteiger partial charge in [0.25, 0.3) is 0 Å². The smallest absolute Gasteiger partial charge is 0.223 e. The second-order valence-corrected chi connectivity index (χ2v) is 8.02. The molecule has 1 amide bonds. The van der Waals surface area contributed by atoms with Gasteiger partial charge in [-0.25, -0.2) is 0 Å². The molecule has 1 aromatic carbocycles. The second-order valence-electron chi connectivity index (χ2n) is 8.02. The number of rotatable bonds is 5. The van der Waals surface area contributed by atoms with Gasteiger partial charge in [-0.15, -0.1) is 24.8 Å². The third-order valence-electron chi connectivity index (χ3n) is 5.84. The summed E-state index contributed by atoms with van der Waals surface area (Å²) in [4.78, 5) is 15.1. The Morgan fingerprint density at radius 2 is 1.78 bits per heavy atom. The van der Waals surface area contributed by atoms with Crippen LogP contribution in [0.15, 0.2) is 24.3 Å². The standard InChI is InChI=1S/C21H33N3O.2ClH/c1-16-8-11-24(12-9-16)15-20-6-4-3-5-19(20)14-23-21(25)18-7-10-22-17(2)13-18;;/h3-6,16-18,22H,7-15H2,1-2H3,(H,23,25);2*1H/t17-,18-;;/m0../s1. The van der Waals surface area contributed by atoms with E-state index in [0.717, 1.165) is 31.8 Å². The summed E-state index contributed by atoms with van der Waals surface area (Å²) in [5.41, 5.74) is 2.62. The van der Waals surface area contributed by atoms with E-state index in [1.54, 1.807) is 0 Å². The van der Waals surface area contributed by atoms with Gasteiger partial charge < -0.3 is 10.6 Å². The molecule has 2 N–H and O–H groups in total. The van der Waals surface area contributed by atoms with Crippen LogP contribution >= 0.6 is 24.8 Å². The van der Waals surface area contributed by atoms with Crippen LogP contribution in [0.25, 0.3) is 0 Å². The van der Waals surface area contributed by atoms with Crippen molar-refractivity contribution in [3.8, 4) is 0 Å². The Bertz CT molecular complexity index is 576. The first-order chi connectivity index (χ1) is 12.1. The number of likely N-dealkylation sites (tertiary alicyclic amines) is 1. The lowest BCUT2D eigenvalue weighted by Gasteiger charge is -2.31. The van der Waals surface area contributed by atoms with Crippen LogP contribution in [-0.4, -0.2) is 36.5 Å². The zero-order chi connectivity index (χ0) is 17.6. The lowest BCUT2D eigenvalue weighted by molar-refractivity contribution is -0.126. The van der Waals surface area contributed by atoms with Crippen molar-refractivity contribution in [1.82, 2.24) is 15.5 Å². The summed E-state index contributed by atoms with van der Waals surface area (Å²) in [7, 11) is 0. The first-order valence-corrected chi connectivity index (χ1v) is 9.92. The van der Waals surface area contributed by atoms with E-state index in [2.05, 4.69) is 53.6 Å². The monoisotopic (exact) mass is 415 g/mol. The minimum absolute atomic E-state index is 0. The minimum Gasteiger partial charge on any atom is -0.352 e. The number of amides is 1. The minimum atomic E-state index is 0. The molecule has 154 valence electrons. The van der Waals surface area contributed by atoms with E-state index in [9.17, 15) is 4.79 Å². The maximum Gasteiger partial charge on any atom is 0.223 e. The Morgan fingerprint density at radius 1 is 1.11 bits per heavy atom. The summed E-state index contributed by atoms with van der Waals surface area (Å²) in [6.07, 6.45) is 4.49. The first kappa shape index (κ1) is 24.2. The van der Waals surface area contributed by atoms with E-state index in [1.165, 1.54) is 37.1 Å². The number of hydrogen-bond donors (Lipinski definition) is 2. The molecule has 2 fully saturated rings. The molecular formula is C21H35Cl2N3O. The zero-order valence-electron chi connectivity index (χ0n) is 16.6. The highest BCUT2D eigenvalue weighted by atomic mass is 35.5. The molecule has 1 aromatic rings. The number of nitrogens with one attached hydrogen (secondary N) is 2. The summed E-state index contributed by atoms with van der Waals surface area (Å²) in [5.74, 6) is 1.24. The number of piperidine rings is 2. The Hall–Kier alpha value is -0.810. The summed E-state index contributed by atoms with van der Waals surface area (Å²) < 4.78 is 0. The van der Waals surface area contributed by atoms with Gasteiger partial charge in [0.05, 0.1) is 0 Å². The fourth-order valence-corrected chi connectivity index (χ4v) is 4.04. The molecule has 2 atom stereocenters. The zero-order valence-corrected chi connectivity index (χ0v) is 18.2. The average molecular weight is 416 g/mol. The third kappa shape index (κ3) is 7.26. The van der Waals surface area contributed by atoms with Crippen LogP contribution in [0.4, 0.5) is 0 Å². The molecule has 0 aromatic heterocycles. The number of nitrogens with zero attached hydrogens (tertiary/aromatic N) is 1. The normalized spacial score (nSPS) is 23.8. The second kappa shape index (κ2) is 11.9. The van der Waals surface area contributed by atoms with Crippen LogP contribution in [0.5, 0.6) is 0 Å². The number of carbonyl (C=O) groups excluding carboxylic acids is 1. The van der Waals surface area contributed by atoms with Gasteiger partial charge >= 0.3 is 0 Å². The Labute approximate surface area is 176 Å². The van der Waals surface area contributed by atoms with E-state index in [4.69, 9.17) is 0 Å². The molecule has 4 nitrogen and oxygen atoms in total. The predicted molar refractivity (Wildman–Crippen MR) is 117 cm³/mol. The summed E-state index contributed by atoms with van der Waals surface area (Å²) >= 11 is 0. The van der Waals surface area contributed by atoms with E-state index in [0.29, 0.717) is 12.6 Å². The molecular weight excluding hydrogens is 381 g/mol. The molecule has 2 heterocycles. The van der Waals surface area contributed by atoms with Crippen LogP contribution in [0, 0.1) is 11.8 Å². The van der Waals surface area contributed by atoms with Gasteiger partial charge in [0.1, 0.15) is 0 Å². The molecule has 6 heteroatoms. The highest BCUT2D eigenvalue weighted by Gasteiger charge is 2.24. The predicted octanol–water partition coefficient (Wildman–Crippen LogP) is 3.77. The molecule has 3 rings (SSSR count). The molecule has 0 unspecified atom stereocenters. The van der Waals surface area contributed by atoms with E-state index < -0.39 is 0 Å². The molecule has 0 bridgehead atoms. The lowest BCUT2D eigenvalue weighted by atomic mass is 9.92. The molecule has 0 radical (unpaired) electrons. The molecule has 27 heavy (non-hydrogen) atoms. The van der Waals surface area contributed by atoms with Crippen LogP contribution in [0.2, 0.25) is 0 Å². The summed E-state index contributed by atoms with van der Waals surface area (Å²) in [5, 5.41) is 6.60. The van der Waals surface area contributed by atoms with Crippen LogP contribution in [-0.2, 0) is 17.9 Å². The largest absolute Gasteiger partial charge is 0.352 e. The van der Waals surface area contributed by atoms with Gasteiger partial charge in [0.15, 0.2) is 0 Å². The van der Waals surface area contributed by atoms with Gasteiger partial charge in [-0.3, -0.25) is 9.69 Å². The number of carbonyl (C=O) groups is 1.